The summed E-state index contributed by atoms with van der Waals surface area (Å²) in [5.74, 6) is 0. The smallest absolute Gasteiger partial charge is 0.0463 e. The molecule has 0 atom stereocenters. The highest BCUT2D eigenvalue weighted by molar-refractivity contribution is 8.05. The monoisotopic (exact) mass is 459 g/mol. The molecule has 5 aromatic rings. The third-order valence-electron chi connectivity index (χ3n) is 5.75. The van der Waals surface area contributed by atoms with E-state index in [1.807, 2.05) is 23.5 Å². The van der Waals surface area contributed by atoms with Gasteiger partial charge in [0.25, 0.3) is 0 Å². The first-order chi connectivity index (χ1) is 16.3. The molecule has 0 bridgehead atoms. The number of hydrogen-bond acceptors (Lipinski definition) is 3. The first-order valence-corrected chi connectivity index (χ1v) is 12.6. The van der Waals surface area contributed by atoms with E-state index in [0.717, 1.165) is 11.4 Å². The van der Waals surface area contributed by atoms with Crippen LogP contribution in [0.2, 0.25) is 0 Å². The summed E-state index contributed by atoms with van der Waals surface area (Å²) in [6.45, 7) is 0. The Morgan fingerprint density at radius 1 is 0.424 bits per heavy atom. The molecular formula is C30H21NS2. The van der Waals surface area contributed by atoms with E-state index in [1.165, 1.54) is 41.8 Å². The SMILES string of the molecule is c1ccc(-c2ccccc2Nc2ccc(-c3cccc4c3Sc3ccccc3S4)cc2)cc1. The normalized spacial score (nSPS) is 12.0. The summed E-state index contributed by atoms with van der Waals surface area (Å²) in [6.07, 6.45) is 0. The molecule has 0 radical (unpaired) electrons. The third kappa shape index (κ3) is 4.06. The van der Waals surface area contributed by atoms with Crippen LogP contribution in [0.5, 0.6) is 0 Å². The van der Waals surface area contributed by atoms with Gasteiger partial charge < -0.3 is 5.32 Å². The Labute approximate surface area is 202 Å². The molecule has 33 heavy (non-hydrogen) atoms. The maximum atomic E-state index is 3.62. The Morgan fingerprint density at radius 2 is 1.03 bits per heavy atom. The predicted octanol–water partition coefficient (Wildman–Crippen LogP) is 9.38. The van der Waals surface area contributed by atoms with E-state index in [1.54, 1.807) is 0 Å². The highest BCUT2D eigenvalue weighted by Crippen LogP contribution is 2.51. The van der Waals surface area contributed by atoms with E-state index < -0.39 is 0 Å². The lowest BCUT2D eigenvalue weighted by molar-refractivity contribution is 1.16. The Bertz CT molecular complexity index is 1430. The van der Waals surface area contributed by atoms with Crippen LogP contribution in [0.25, 0.3) is 22.3 Å². The van der Waals surface area contributed by atoms with Gasteiger partial charge in [-0.1, -0.05) is 108 Å². The zero-order valence-corrected chi connectivity index (χ0v) is 19.5. The van der Waals surface area contributed by atoms with Crippen molar-refractivity contribution in [3.63, 3.8) is 0 Å². The molecule has 1 N–H and O–H groups in total. The van der Waals surface area contributed by atoms with Crippen LogP contribution in [-0.2, 0) is 0 Å². The van der Waals surface area contributed by atoms with Crippen molar-refractivity contribution in [2.24, 2.45) is 0 Å². The molecule has 0 saturated heterocycles. The summed E-state index contributed by atoms with van der Waals surface area (Å²) in [5.41, 5.74) is 7.13. The minimum Gasteiger partial charge on any atom is -0.355 e. The predicted molar refractivity (Wildman–Crippen MR) is 142 cm³/mol. The van der Waals surface area contributed by atoms with Crippen molar-refractivity contribution in [3.8, 4) is 22.3 Å². The maximum absolute atomic E-state index is 3.62. The van der Waals surface area contributed by atoms with Gasteiger partial charge in [-0.25, -0.2) is 0 Å². The molecule has 1 aliphatic rings. The summed E-state index contributed by atoms with van der Waals surface area (Å²) < 4.78 is 0. The zero-order chi connectivity index (χ0) is 22.0. The Kier molecular flexibility index (Phi) is 5.43. The van der Waals surface area contributed by atoms with E-state index >= 15 is 0 Å². The van der Waals surface area contributed by atoms with Gasteiger partial charge in [0.2, 0.25) is 0 Å². The summed E-state index contributed by atoms with van der Waals surface area (Å²) in [7, 11) is 0. The van der Waals surface area contributed by atoms with E-state index in [9.17, 15) is 0 Å². The number of anilines is 2. The first kappa shape index (κ1) is 20.2. The summed E-state index contributed by atoms with van der Waals surface area (Å²) in [6, 6.07) is 43.0. The molecule has 0 spiro atoms. The molecule has 1 aliphatic heterocycles. The van der Waals surface area contributed by atoms with Crippen molar-refractivity contribution in [1.29, 1.82) is 0 Å². The molecule has 5 aromatic carbocycles. The van der Waals surface area contributed by atoms with Crippen LogP contribution in [0, 0.1) is 0 Å². The average Bonchev–Trinajstić information content (AvgIpc) is 2.88. The molecule has 6 rings (SSSR count). The van der Waals surface area contributed by atoms with Crippen molar-refractivity contribution in [1.82, 2.24) is 0 Å². The molecule has 0 amide bonds. The number of rotatable bonds is 4. The van der Waals surface area contributed by atoms with Crippen LogP contribution in [-0.4, -0.2) is 0 Å². The van der Waals surface area contributed by atoms with Gasteiger partial charge in [-0.15, -0.1) is 0 Å². The van der Waals surface area contributed by atoms with Crippen molar-refractivity contribution in [3.05, 3.63) is 121 Å². The van der Waals surface area contributed by atoms with Gasteiger partial charge in [0, 0.05) is 36.5 Å². The highest BCUT2D eigenvalue weighted by Gasteiger charge is 2.20. The first-order valence-electron chi connectivity index (χ1n) is 10.9. The van der Waals surface area contributed by atoms with Crippen molar-refractivity contribution >= 4 is 34.9 Å². The number of nitrogens with one attached hydrogen (secondary N) is 1. The van der Waals surface area contributed by atoms with Gasteiger partial charge in [-0.3, -0.25) is 0 Å². The quantitative estimate of drug-likeness (QED) is 0.282. The second-order valence-electron chi connectivity index (χ2n) is 7.90. The lowest BCUT2D eigenvalue weighted by Crippen LogP contribution is -1.94. The Morgan fingerprint density at radius 3 is 1.85 bits per heavy atom. The number of fused-ring (bicyclic) bond motifs is 2. The van der Waals surface area contributed by atoms with Gasteiger partial charge in [0.1, 0.15) is 0 Å². The fourth-order valence-electron chi connectivity index (χ4n) is 4.13. The zero-order valence-electron chi connectivity index (χ0n) is 17.9. The van der Waals surface area contributed by atoms with Gasteiger partial charge in [0.15, 0.2) is 0 Å². The largest absolute Gasteiger partial charge is 0.355 e. The molecule has 0 aliphatic carbocycles. The number of para-hydroxylation sites is 1. The van der Waals surface area contributed by atoms with Crippen molar-refractivity contribution in [2.45, 2.75) is 19.6 Å². The minimum absolute atomic E-state index is 1.08. The highest BCUT2D eigenvalue weighted by atomic mass is 32.2. The molecule has 0 aromatic heterocycles. The fourth-order valence-corrected chi connectivity index (χ4v) is 6.53. The van der Waals surface area contributed by atoms with Gasteiger partial charge >= 0.3 is 0 Å². The summed E-state index contributed by atoms with van der Waals surface area (Å²) >= 11 is 3.74. The van der Waals surface area contributed by atoms with Crippen LogP contribution in [0.4, 0.5) is 11.4 Å². The average molecular weight is 460 g/mol. The fraction of sp³-hybridized carbons (Fsp3) is 0. The second-order valence-corrected chi connectivity index (χ2v) is 10.0. The van der Waals surface area contributed by atoms with Crippen LogP contribution in [0.15, 0.2) is 141 Å². The molecule has 0 unspecified atom stereocenters. The van der Waals surface area contributed by atoms with Crippen molar-refractivity contribution < 1.29 is 0 Å². The number of hydrogen-bond donors (Lipinski definition) is 1. The van der Waals surface area contributed by atoms with Crippen LogP contribution < -0.4 is 5.32 Å². The van der Waals surface area contributed by atoms with Crippen LogP contribution in [0.1, 0.15) is 0 Å². The van der Waals surface area contributed by atoms with Gasteiger partial charge in [0.05, 0.1) is 0 Å². The lowest BCUT2D eigenvalue weighted by atomic mass is 10.0. The topological polar surface area (TPSA) is 12.0 Å². The van der Waals surface area contributed by atoms with Crippen LogP contribution >= 0.6 is 23.5 Å². The van der Waals surface area contributed by atoms with E-state index in [2.05, 4.69) is 127 Å². The van der Waals surface area contributed by atoms with E-state index in [0.29, 0.717) is 0 Å². The Hall–Kier alpha value is -3.40. The summed E-state index contributed by atoms with van der Waals surface area (Å²) in [4.78, 5) is 5.34. The van der Waals surface area contributed by atoms with E-state index in [-0.39, 0.29) is 0 Å². The molecule has 1 heterocycles. The third-order valence-corrected chi connectivity index (χ3v) is 8.36. The maximum Gasteiger partial charge on any atom is 0.0463 e. The van der Waals surface area contributed by atoms with Gasteiger partial charge in [-0.2, -0.15) is 0 Å². The number of benzene rings is 5. The van der Waals surface area contributed by atoms with Gasteiger partial charge in [-0.05, 0) is 53.1 Å². The van der Waals surface area contributed by atoms with Crippen molar-refractivity contribution in [2.75, 3.05) is 5.32 Å². The lowest BCUT2D eigenvalue weighted by Gasteiger charge is -2.21. The summed E-state index contributed by atoms with van der Waals surface area (Å²) in [5, 5.41) is 3.62. The molecule has 3 heteroatoms. The molecule has 1 nitrogen and oxygen atoms in total. The minimum atomic E-state index is 1.08. The molecule has 0 fully saturated rings. The Balaban J connectivity index is 1.29. The second kappa shape index (κ2) is 8.86. The standard InChI is InChI=1S/C30H21NS2/c1-2-9-21(10-3-1)24-11-4-5-13-26(24)31-23-19-17-22(18-20-23)25-12-8-16-29-30(25)33-28-15-7-6-14-27(28)32-29/h1-20,31H. The molecule has 0 saturated carbocycles. The molecular weight excluding hydrogens is 438 g/mol. The van der Waals surface area contributed by atoms with E-state index in [4.69, 9.17) is 0 Å². The molecule has 158 valence electrons. The van der Waals surface area contributed by atoms with Crippen LogP contribution in [0.3, 0.4) is 0 Å².